The van der Waals surface area contributed by atoms with Crippen LogP contribution in [0.4, 0.5) is 0 Å². The van der Waals surface area contributed by atoms with Crippen LogP contribution < -0.4 is 0 Å². The molecule has 1 spiro atoms. The zero-order valence-electron chi connectivity index (χ0n) is 23.2. The third kappa shape index (κ3) is 2.94. The van der Waals surface area contributed by atoms with Crippen LogP contribution in [0.1, 0.15) is 58.9 Å². The molecule has 2 aliphatic heterocycles. The summed E-state index contributed by atoms with van der Waals surface area (Å²) in [6.45, 7) is 6.23. The van der Waals surface area contributed by atoms with Gasteiger partial charge in [-0.15, -0.1) is 0 Å². The number of hydrogen-bond donors (Lipinski definition) is 3. The molecule has 7 unspecified atom stereocenters. The number of ketones is 1. The maximum atomic E-state index is 15.1. The fraction of sp³-hybridized carbons (Fsp3) is 0.690. The van der Waals surface area contributed by atoms with Crippen LogP contribution in [0.3, 0.4) is 0 Å². The molecule has 11 nitrogen and oxygen atoms in total. The molecule has 0 amide bonds. The molecular weight excluding hydrogens is 524 g/mol. The van der Waals surface area contributed by atoms with Gasteiger partial charge in [0, 0.05) is 32.1 Å². The van der Waals surface area contributed by atoms with Crippen molar-refractivity contribution < 1.29 is 53.1 Å². The third-order valence-electron chi connectivity index (χ3n) is 10.8. The van der Waals surface area contributed by atoms with Crippen molar-refractivity contribution in [3.8, 4) is 0 Å². The zero-order chi connectivity index (χ0) is 29.0. The molecule has 6 rings (SSSR count). The molecule has 1 aromatic rings. The second-order valence-electron chi connectivity index (χ2n) is 12.6. The zero-order valence-corrected chi connectivity index (χ0v) is 23.2. The number of epoxide rings is 1. The first kappa shape index (κ1) is 27.6. The number of rotatable bonds is 5. The van der Waals surface area contributed by atoms with E-state index in [1.807, 2.05) is 0 Å². The highest BCUT2D eigenvalue weighted by Gasteiger charge is 2.94. The van der Waals surface area contributed by atoms with Crippen LogP contribution in [-0.2, 0) is 33.3 Å². The van der Waals surface area contributed by atoms with Gasteiger partial charge in [0.25, 0.3) is 0 Å². The van der Waals surface area contributed by atoms with E-state index in [-0.39, 0.29) is 12.3 Å². The smallest absolute Gasteiger partial charge is 0.304 e. The van der Waals surface area contributed by atoms with Gasteiger partial charge in [0.1, 0.15) is 5.60 Å². The molecule has 2 saturated heterocycles. The van der Waals surface area contributed by atoms with E-state index < -0.39 is 88.9 Å². The van der Waals surface area contributed by atoms with Crippen molar-refractivity contribution in [1.29, 1.82) is 0 Å². The molecule has 3 heterocycles. The topological polar surface area (TPSA) is 165 Å². The minimum absolute atomic E-state index is 0.0228. The molecule has 1 aromatic heterocycles. The first-order valence-corrected chi connectivity index (χ1v) is 13.7. The van der Waals surface area contributed by atoms with Crippen LogP contribution in [0.5, 0.6) is 0 Å². The Labute approximate surface area is 231 Å². The lowest BCUT2D eigenvalue weighted by Crippen LogP contribution is -2.81. The Balaban J connectivity index is 1.63. The average molecular weight is 561 g/mol. The predicted molar refractivity (Wildman–Crippen MR) is 134 cm³/mol. The number of esters is 2. The summed E-state index contributed by atoms with van der Waals surface area (Å²) in [6.07, 6.45) is 0.698. The number of hydrogen-bond acceptors (Lipinski definition) is 11. The fourth-order valence-electron chi connectivity index (χ4n) is 9.39. The van der Waals surface area contributed by atoms with Gasteiger partial charge in [-0.3, -0.25) is 14.4 Å². The van der Waals surface area contributed by atoms with E-state index >= 15 is 4.79 Å². The van der Waals surface area contributed by atoms with Crippen molar-refractivity contribution in [1.82, 2.24) is 0 Å². The summed E-state index contributed by atoms with van der Waals surface area (Å²) < 4.78 is 29.2. The van der Waals surface area contributed by atoms with Crippen molar-refractivity contribution in [3.63, 3.8) is 0 Å². The lowest BCUT2D eigenvalue weighted by molar-refractivity contribution is -0.275. The lowest BCUT2D eigenvalue weighted by atomic mass is 9.35. The SMILES string of the molecule is CC(=O)OC1CC2C(=CC(O)[C@]3(CO)[C@@]2(CO)C(=O)C(OC(C)=O)C2(C)C(c4ccoc4)CC4O[C@]423)C(C)(C)O1. The van der Waals surface area contributed by atoms with Crippen LogP contribution in [0.15, 0.2) is 34.7 Å². The standard InChI is InChI=1S/C29H36O11/c1-14(32)37-22-10-19-18(25(3,4)40-22)8-20(34)28(13-31)27(19,12-30)23(35)24(38-15(2)33)26(5)17(16-6-7-36-11-16)9-21-29(26,28)39-21/h6-8,11,17,19-22,24,30-31,34H,9-10,12-13H2,1-5H3/t17?,19?,20?,21?,22?,24?,26?,27-,28-,29-/m1/s1. The van der Waals surface area contributed by atoms with Gasteiger partial charge in [-0.25, -0.2) is 0 Å². The molecule has 218 valence electrons. The summed E-state index contributed by atoms with van der Waals surface area (Å²) in [6, 6.07) is 1.78. The van der Waals surface area contributed by atoms with Crippen molar-refractivity contribution in [2.75, 3.05) is 13.2 Å². The normalized spacial score (nSPS) is 46.3. The van der Waals surface area contributed by atoms with Gasteiger partial charge in [-0.1, -0.05) is 13.0 Å². The van der Waals surface area contributed by atoms with E-state index in [9.17, 15) is 24.9 Å². The Bertz CT molecular complexity index is 1280. The number of aliphatic hydroxyl groups excluding tert-OH is 3. The molecule has 5 aliphatic rings. The van der Waals surface area contributed by atoms with Gasteiger partial charge in [-0.2, -0.15) is 0 Å². The van der Waals surface area contributed by atoms with Crippen molar-refractivity contribution >= 4 is 17.7 Å². The molecule has 40 heavy (non-hydrogen) atoms. The number of carbonyl (C=O) groups is 3. The maximum absolute atomic E-state index is 15.1. The first-order valence-electron chi connectivity index (χ1n) is 13.7. The minimum atomic E-state index is -1.87. The summed E-state index contributed by atoms with van der Waals surface area (Å²) in [5.74, 6) is -3.12. The number of furan rings is 1. The van der Waals surface area contributed by atoms with E-state index in [1.165, 1.54) is 20.1 Å². The molecule has 0 radical (unpaired) electrons. The molecule has 3 aliphatic carbocycles. The van der Waals surface area contributed by atoms with Gasteiger partial charge >= 0.3 is 11.9 Å². The molecule has 4 fully saturated rings. The summed E-state index contributed by atoms with van der Waals surface area (Å²) >= 11 is 0. The second-order valence-corrected chi connectivity index (χ2v) is 12.6. The molecule has 0 bridgehead atoms. The van der Waals surface area contributed by atoms with E-state index in [0.29, 0.717) is 12.0 Å². The van der Waals surface area contributed by atoms with E-state index in [2.05, 4.69) is 0 Å². The van der Waals surface area contributed by atoms with Crippen molar-refractivity contribution in [2.24, 2.45) is 22.2 Å². The first-order chi connectivity index (χ1) is 18.8. The van der Waals surface area contributed by atoms with Crippen LogP contribution in [0.2, 0.25) is 0 Å². The Morgan fingerprint density at radius 2 is 1.73 bits per heavy atom. The fourth-order valence-corrected chi connectivity index (χ4v) is 9.39. The highest BCUT2D eigenvalue weighted by molar-refractivity contribution is 5.96. The van der Waals surface area contributed by atoms with Crippen molar-refractivity contribution in [2.45, 2.75) is 89.2 Å². The Hall–Kier alpha value is -2.57. The molecule has 10 atom stereocenters. The number of carbonyl (C=O) groups excluding carboxylic acids is 3. The lowest BCUT2D eigenvalue weighted by Gasteiger charge is -2.68. The maximum Gasteiger partial charge on any atom is 0.304 e. The largest absolute Gasteiger partial charge is 0.472 e. The Kier molecular flexibility index (Phi) is 5.85. The molecule has 2 saturated carbocycles. The number of Topliss-reactive ketones (excluding diaryl/α,β-unsaturated/α-hetero) is 1. The van der Waals surface area contributed by atoms with Crippen LogP contribution >= 0.6 is 0 Å². The minimum Gasteiger partial charge on any atom is -0.472 e. The summed E-state index contributed by atoms with van der Waals surface area (Å²) in [7, 11) is 0. The molecule has 11 heteroatoms. The van der Waals surface area contributed by atoms with Gasteiger partial charge in [0.15, 0.2) is 11.9 Å². The predicted octanol–water partition coefficient (Wildman–Crippen LogP) is 1.39. The Morgan fingerprint density at radius 1 is 1.02 bits per heavy atom. The molecule has 0 aromatic carbocycles. The number of fused-ring (bicyclic) bond motifs is 3. The van der Waals surface area contributed by atoms with E-state index in [1.54, 1.807) is 39.2 Å². The van der Waals surface area contributed by atoms with Gasteiger partial charge in [0.2, 0.25) is 6.29 Å². The monoisotopic (exact) mass is 560 g/mol. The highest BCUT2D eigenvalue weighted by atomic mass is 16.7. The number of aliphatic hydroxyl groups is 3. The van der Waals surface area contributed by atoms with E-state index in [0.717, 1.165) is 5.56 Å². The molecular formula is C29H36O11. The van der Waals surface area contributed by atoms with Crippen LogP contribution in [0, 0.1) is 22.2 Å². The van der Waals surface area contributed by atoms with E-state index in [4.69, 9.17) is 23.4 Å². The summed E-state index contributed by atoms with van der Waals surface area (Å²) in [4.78, 5) is 39.5. The molecule has 3 N–H and O–H groups in total. The van der Waals surface area contributed by atoms with Crippen LogP contribution in [0.25, 0.3) is 0 Å². The average Bonchev–Trinajstić information content (AvgIpc) is 3.22. The summed E-state index contributed by atoms with van der Waals surface area (Å²) in [5, 5.41) is 34.7. The van der Waals surface area contributed by atoms with Gasteiger partial charge < -0.3 is 38.7 Å². The number of ether oxygens (including phenoxy) is 4. The second kappa shape index (κ2) is 8.48. The van der Waals surface area contributed by atoms with Gasteiger partial charge in [0.05, 0.1) is 59.8 Å². The summed E-state index contributed by atoms with van der Waals surface area (Å²) in [5.41, 5.74) is -5.98. The van der Waals surface area contributed by atoms with Crippen LogP contribution in [-0.4, -0.2) is 82.1 Å². The Morgan fingerprint density at radius 3 is 2.30 bits per heavy atom. The highest BCUT2D eigenvalue weighted by Crippen LogP contribution is 2.82. The van der Waals surface area contributed by atoms with Gasteiger partial charge in [-0.05, 0) is 37.5 Å². The van der Waals surface area contributed by atoms with Crippen molar-refractivity contribution in [3.05, 3.63) is 35.8 Å². The third-order valence-corrected chi connectivity index (χ3v) is 10.8. The quantitative estimate of drug-likeness (QED) is 0.271.